The smallest absolute Gasteiger partial charge is 0.260 e. The predicted molar refractivity (Wildman–Crippen MR) is 82.6 cm³/mol. The van der Waals surface area contributed by atoms with Gasteiger partial charge in [0.15, 0.2) is 10.8 Å². The lowest BCUT2D eigenvalue weighted by Crippen LogP contribution is -2.33. The number of nitrogens with zero attached hydrogens (tertiary/aromatic N) is 2. The highest BCUT2D eigenvalue weighted by Gasteiger charge is 2.46. The minimum Gasteiger partial charge on any atom is -0.306 e. The molecular formula is C12H19N5O2S2. The van der Waals surface area contributed by atoms with E-state index in [1.807, 2.05) is 0 Å². The van der Waals surface area contributed by atoms with Crippen molar-refractivity contribution in [2.45, 2.75) is 31.7 Å². The molecule has 116 valence electrons. The van der Waals surface area contributed by atoms with Crippen molar-refractivity contribution < 1.29 is 8.42 Å². The van der Waals surface area contributed by atoms with E-state index in [0.29, 0.717) is 17.4 Å². The van der Waals surface area contributed by atoms with Gasteiger partial charge in [-0.3, -0.25) is 4.40 Å². The number of rotatable bonds is 6. The number of imidazole rings is 1. The lowest BCUT2D eigenvalue weighted by Gasteiger charge is -2.20. The van der Waals surface area contributed by atoms with Crippen LogP contribution in [0.15, 0.2) is 16.6 Å². The molecule has 0 radical (unpaired) electrons. The lowest BCUT2D eigenvalue weighted by molar-refractivity contribution is 0.357. The van der Waals surface area contributed by atoms with Crippen molar-refractivity contribution >= 4 is 32.1 Å². The minimum atomic E-state index is -3.67. The highest BCUT2D eigenvalue weighted by molar-refractivity contribution is 7.89. The molecule has 0 amide bonds. The molecule has 0 aliphatic heterocycles. The molecule has 1 aliphatic rings. The van der Waals surface area contributed by atoms with Crippen LogP contribution in [-0.2, 0) is 10.0 Å². The van der Waals surface area contributed by atoms with E-state index in [9.17, 15) is 8.42 Å². The fourth-order valence-electron chi connectivity index (χ4n) is 2.54. The van der Waals surface area contributed by atoms with Crippen LogP contribution in [0, 0.1) is 11.3 Å². The Labute approximate surface area is 127 Å². The summed E-state index contributed by atoms with van der Waals surface area (Å²) in [5.74, 6) is 6.03. The van der Waals surface area contributed by atoms with Crippen LogP contribution in [0.3, 0.4) is 0 Å². The van der Waals surface area contributed by atoms with E-state index in [1.165, 1.54) is 15.7 Å². The summed E-state index contributed by atoms with van der Waals surface area (Å²) in [7, 11) is -3.67. The van der Waals surface area contributed by atoms with Crippen LogP contribution >= 0.6 is 11.3 Å². The number of fused-ring (bicyclic) bond motifs is 1. The van der Waals surface area contributed by atoms with E-state index in [0.717, 1.165) is 12.8 Å². The zero-order valence-corrected chi connectivity index (χ0v) is 13.6. The van der Waals surface area contributed by atoms with Crippen LogP contribution in [0.5, 0.6) is 0 Å². The van der Waals surface area contributed by atoms with Gasteiger partial charge in [0.1, 0.15) is 0 Å². The average molecular weight is 329 g/mol. The fourth-order valence-corrected chi connectivity index (χ4v) is 4.69. The van der Waals surface area contributed by atoms with E-state index < -0.39 is 10.0 Å². The van der Waals surface area contributed by atoms with Crippen LogP contribution in [0.1, 0.15) is 26.7 Å². The second kappa shape index (κ2) is 4.94. The topological polar surface area (TPSA) is 102 Å². The van der Waals surface area contributed by atoms with Gasteiger partial charge in [0, 0.05) is 18.1 Å². The van der Waals surface area contributed by atoms with E-state index in [-0.39, 0.29) is 16.3 Å². The Hall–Kier alpha value is -1.16. The summed E-state index contributed by atoms with van der Waals surface area (Å²) in [6.45, 7) is 4.71. The number of hydrogen-bond donors (Lipinski definition) is 3. The normalized spacial score (nSPS) is 17.5. The maximum Gasteiger partial charge on any atom is 0.260 e. The van der Waals surface area contributed by atoms with Crippen molar-refractivity contribution in [3.63, 3.8) is 0 Å². The van der Waals surface area contributed by atoms with Gasteiger partial charge in [0.25, 0.3) is 10.0 Å². The second-order valence-electron chi connectivity index (χ2n) is 5.81. The van der Waals surface area contributed by atoms with Gasteiger partial charge < -0.3 is 5.43 Å². The molecule has 7 nitrogen and oxygen atoms in total. The largest absolute Gasteiger partial charge is 0.306 e. The number of nitrogens with two attached hydrogens (primary N) is 1. The molecule has 2 aromatic heterocycles. The Bertz CT molecular complexity index is 758. The monoisotopic (exact) mass is 329 g/mol. The van der Waals surface area contributed by atoms with Gasteiger partial charge in [-0.15, -0.1) is 11.3 Å². The summed E-state index contributed by atoms with van der Waals surface area (Å²) in [4.78, 5) is 4.77. The molecule has 4 N–H and O–H groups in total. The first kappa shape index (κ1) is 14.8. The highest BCUT2D eigenvalue weighted by Crippen LogP contribution is 2.51. The first-order valence-corrected chi connectivity index (χ1v) is 9.18. The van der Waals surface area contributed by atoms with Crippen LogP contribution in [0.25, 0.3) is 4.96 Å². The molecule has 1 fully saturated rings. The number of hydrazine groups is 1. The van der Waals surface area contributed by atoms with Gasteiger partial charge in [0.2, 0.25) is 5.03 Å². The number of thiazole rings is 1. The molecule has 0 saturated heterocycles. The van der Waals surface area contributed by atoms with Crippen molar-refractivity contribution in [1.82, 2.24) is 14.1 Å². The number of nitrogens with one attached hydrogen (secondary N) is 2. The minimum absolute atomic E-state index is 0.0702. The third-order valence-electron chi connectivity index (χ3n) is 4.34. The van der Waals surface area contributed by atoms with Crippen LogP contribution in [0.4, 0.5) is 5.82 Å². The molecule has 0 bridgehead atoms. The molecule has 0 spiro atoms. The van der Waals surface area contributed by atoms with E-state index >= 15 is 0 Å². The third kappa shape index (κ3) is 2.44. The van der Waals surface area contributed by atoms with Gasteiger partial charge in [-0.05, 0) is 24.2 Å². The molecule has 21 heavy (non-hydrogen) atoms. The molecule has 0 atom stereocenters. The number of aromatic nitrogens is 2. The summed E-state index contributed by atoms with van der Waals surface area (Å²) >= 11 is 1.36. The number of sulfonamides is 1. The summed E-state index contributed by atoms with van der Waals surface area (Å²) in [5, 5.41) is 1.86. The number of hydrogen-bond acceptors (Lipinski definition) is 6. The Kier molecular flexibility index (Phi) is 3.47. The van der Waals surface area contributed by atoms with E-state index in [4.69, 9.17) is 5.84 Å². The van der Waals surface area contributed by atoms with Gasteiger partial charge in [0.05, 0.1) is 0 Å². The summed E-state index contributed by atoms with van der Waals surface area (Å²) < 4.78 is 29.5. The highest BCUT2D eigenvalue weighted by atomic mass is 32.2. The quantitative estimate of drug-likeness (QED) is 0.549. The molecule has 2 aromatic rings. The lowest BCUT2D eigenvalue weighted by atomic mass is 9.93. The second-order valence-corrected chi connectivity index (χ2v) is 8.36. The molecule has 3 rings (SSSR count). The Balaban J connectivity index is 1.91. The maximum absolute atomic E-state index is 12.6. The predicted octanol–water partition coefficient (Wildman–Crippen LogP) is 1.40. The third-order valence-corrected chi connectivity index (χ3v) is 6.52. The van der Waals surface area contributed by atoms with Crippen LogP contribution in [0.2, 0.25) is 0 Å². The Morgan fingerprint density at radius 2 is 2.24 bits per heavy atom. The summed E-state index contributed by atoms with van der Waals surface area (Å²) in [5.41, 5.74) is 2.47. The maximum atomic E-state index is 12.6. The number of anilines is 1. The molecule has 1 aliphatic carbocycles. The molecule has 0 aromatic carbocycles. The average Bonchev–Trinajstić information content (AvgIpc) is 2.95. The van der Waals surface area contributed by atoms with Crippen molar-refractivity contribution in [3.05, 3.63) is 11.6 Å². The Morgan fingerprint density at radius 3 is 2.81 bits per heavy atom. The van der Waals surface area contributed by atoms with Crippen molar-refractivity contribution in [2.24, 2.45) is 17.2 Å². The summed E-state index contributed by atoms with van der Waals surface area (Å²) in [6.07, 6.45) is 3.81. The van der Waals surface area contributed by atoms with E-state index in [2.05, 4.69) is 29.0 Å². The Morgan fingerprint density at radius 1 is 1.52 bits per heavy atom. The molecule has 0 unspecified atom stereocenters. The molecule has 1 saturated carbocycles. The standard InChI is InChI=1S/C12H19N5O2S2/c1-8(2)12(3-4-12)7-14-21(18,19)10-9(16-13)15-11-17(10)5-6-20-11/h5-6,8,14,16H,3-4,7,13H2,1-2H3. The van der Waals surface area contributed by atoms with Gasteiger partial charge >= 0.3 is 0 Å². The molecular weight excluding hydrogens is 310 g/mol. The van der Waals surface area contributed by atoms with Crippen molar-refractivity contribution in [1.29, 1.82) is 0 Å². The zero-order chi connectivity index (χ0) is 15.3. The van der Waals surface area contributed by atoms with Crippen molar-refractivity contribution in [2.75, 3.05) is 12.0 Å². The van der Waals surface area contributed by atoms with Crippen molar-refractivity contribution in [3.8, 4) is 0 Å². The molecule has 2 heterocycles. The summed E-state index contributed by atoms with van der Waals surface area (Å²) in [6, 6.07) is 0. The fraction of sp³-hybridized carbons (Fsp3) is 0.583. The zero-order valence-electron chi connectivity index (χ0n) is 12.0. The first-order chi connectivity index (χ1) is 9.89. The van der Waals surface area contributed by atoms with Gasteiger partial charge in [-0.25, -0.2) is 19.0 Å². The number of nitrogen functional groups attached to an aromatic ring is 1. The SMILES string of the molecule is CC(C)C1(CNS(=O)(=O)c2c(NN)nc3sccn23)CC1. The van der Waals surface area contributed by atoms with Gasteiger partial charge in [-0.2, -0.15) is 4.98 Å². The molecule has 9 heteroatoms. The van der Waals surface area contributed by atoms with Gasteiger partial charge in [-0.1, -0.05) is 13.8 Å². The van der Waals surface area contributed by atoms with E-state index in [1.54, 1.807) is 11.6 Å². The van der Waals surface area contributed by atoms with Crippen LogP contribution < -0.4 is 16.0 Å². The van der Waals surface area contributed by atoms with Crippen LogP contribution in [-0.4, -0.2) is 24.3 Å². The first-order valence-electron chi connectivity index (χ1n) is 6.81.